The van der Waals surface area contributed by atoms with Crippen molar-refractivity contribution in [2.45, 2.75) is 36.5 Å². The minimum Gasteiger partial charge on any atom is -0.326 e. The molecule has 0 spiro atoms. The van der Waals surface area contributed by atoms with Gasteiger partial charge < -0.3 is 5.32 Å². The highest BCUT2D eigenvalue weighted by Crippen LogP contribution is 2.26. The topological polar surface area (TPSA) is 104 Å². The number of anilines is 1. The number of benzene rings is 2. The third kappa shape index (κ3) is 5.75. The van der Waals surface area contributed by atoms with Crippen LogP contribution in [0.5, 0.6) is 0 Å². The zero-order valence-corrected chi connectivity index (χ0v) is 21.0. The van der Waals surface area contributed by atoms with Crippen molar-refractivity contribution in [3.05, 3.63) is 53.6 Å². The summed E-state index contributed by atoms with van der Waals surface area (Å²) in [5, 5.41) is 3.23. The first-order chi connectivity index (χ1) is 15.6. The van der Waals surface area contributed by atoms with Crippen LogP contribution < -0.4 is 5.32 Å². The number of carbonyl (C=O) groups excluding carboxylic acids is 1. The fourth-order valence-corrected chi connectivity index (χ4v) is 6.91. The summed E-state index contributed by atoms with van der Waals surface area (Å²) in [7, 11) is -7.31. The Kier molecular flexibility index (Phi) is 8.17. The van der Waals surface area contributed by atoms with E-state index in [-0.39, 0.29) is 22.2 Å². The van der Waals surface area contributed by atoms with Gasteiger partial charge in [0.15, 0.2) is 0 Å². The summed E-state index contributed by atoms with van der Waals surface area (Å²) >= 11 is 5.86. The SMILES string of the molecule is CCN(CC)S(=O)(=O)c1ccc(NC(=O)C2CCCN(S(=O)(=O)c3ccc(Cl)cc3)C2)cc1. The molecule has 0 aromatic heterocycles. The molecule has 1 N–H and O–H groups in total. The molecule has 1 aliphatic heterocycles. The molecule has 0 radical (unpaired) electrons. The van der Waals surface area contributed by atoms with E-state index in [0.29, 0.717) is 43.2 Å². The van der Waals surface area contributed by atoms with Crippen LogP contribution in [0.15, 0.2) is 58.3 Å². The number of nitrogens with one attached hydrogen (secondary N) is 1. The number of halogens is 1. The maximum Gasteiger partial charge on any atom is 0.243 e. The van der Waals surface area contributed by atoms with E-state index in [1.165, 1.54) is 45.0 Å². The number of amides is 1. The van der Waals surface area contributed by atoms with Crippen molar-refractivity contribution >= 4 is 43.2 Å². The zero-order valence-electron chi connectivity index (χ0n) is 18.6. The highest BCUT2D eigenvalue weighted by atomic mass is 35.5. The molecule has 1 heterocycles. The van der Waals surface area contributed by atoms with Gasteiger partial charge in [0.2, 0.25) is 26.0 Å². The van der Waals surface area contributed by atoms with Crippen molar-refractivity contribution in [1.82, 2.24) is 8.61 Å². The van der Waals surface area contributed by atoms with E-state index in [9.17, 15) is 21.6 Å². The van der Waals surface area contributed by atoms with Gasteiger partial charge in [-0.15, -0.1) is 0 Å². The average Bonchev–Trinajstić information content (AvgIpc) is 2.80. The second kappa shape index (κ2) is 10.5. The Morgan fingerprint density at radius 3 is 2.15 bits per heavy atom. The minimum absolute atomic E-state index is 0.0746. The molecule has 11 heteroatoms. The summed E-state index contributed by atoms with van der Waals surface area (Å²) in [5.41, 5.74) is 0.455. The number of sulfonamides is 2. The van der Waals surface area contributed by atoms with Crippen LogP contribution in [0.1, 0.15) is 26.7 Å². The van der Waals surface area contributed by atoms with Crippen LogP contribution in [-0.2, 0) is 24.8 Å². The minimum atomic E-state index is -3.73. The lowest BCUT2D eigenvalue weighted by Gasteiger charge is -2.31. The van der Waals surface area contributed by atoms with E-state index >= 15 is 0 Å². The summed E-state index contributed by atoms with van der Waals surface area (Å²) in [4.78, 5) is 13.1. The van der Waals surface area contributed by atoms with E-state index < -0.39 is 26.0 Å². The third-order valence-electron chi connectivity index (χ3n) is 5.67. The average molecular weight is 514 g/mol. The quantitative estimate of drug-likeness (QED) is 0.582. The molecule has 180 valence electrons. The highest BCUT2D eigenvalue weighted by molar-refractivity contribution is 7.89. The summed E-state index contributed by atoms with van der Waals surface area (Å²) in [6.45, 7) is 4.70. The number of nitrogens with zero attached hydrogens (tertiary/aromatic N) is 2. The normalized spacial score (nSPS) is 17.8. The molecular weight excluding hydrogens is 486 g/mol. The molecule has 1 unspecified atom stereocenters. The Morgan fingerprint density at radius 1 is 1.00 bits per heavy atom. The van der Waals surface area contributed by atoms with E-state index in [4.69, 9.17) is 11.6 Å². The predicted molar refractivity (Wildman–Crippen MR) is 128 cm³/mol. The summed E-state index contributed by atoms with van der Waals surface area (Å²) < 4.78 is 53.8. The monoisotopic (exact) mass is 513 g/mol. The Balaban J connectivity index is 1.68. The van der Waals surface area contributed by atoms with Crippen molar-refractivity contribution in [2.24, 2.45) is 5.92 Å². The van der Waals surface area contributed by atoms with Gasteiger partial charge in [0.05, 0.1) is 15.7 Å². The molecule has 1 amide bonds. The highest BCUT2D eigenvalue weighted by Gasteiger charge is 2.33. The molecule has 2 aromatic rings. The molecule has 1 atom stereocenters. The molecule has 0 saturated carbocycles. The molecule has 2 aromatic carbocycles. The third-order valence-corrected chi connectivity index (χ3v) is 9.87. The maximum absolute atomic E-state index is 13.0. The number of rotatable bonds is 8. The fourth-order valence-electron chi connectivity index (χ4n) is 3.80. The van der Waals surface area contributed by atoms with Gasteiger partial charge in [-0.2, -0.15) is 8.61 Å². The van der Waals surface area contributed by atoms with Gasteiger partial charge in [0.1, 0.15) is 0 Å². The van der Waals surface area contributed by atoms with Crippen LogP contribution in [0.3, 0.4) is 0 Å². The number of hydrogen-bond acceptors (Lipinski definition) is 5. The van der Waals surface area contributed by atoms with Gasteiger partial charge in [-0.3, -0.25) is 4.79 Å². The van der Waals surface area contributed by atoms with E-state index in [1.54, 1.807) is 26.0 Å². The lowest BCUT2D eigenvalue weighted by Crippen LogP contribution is -2.43. The maximum atomic E-state index is 13.0. The molecule has 1 aliphatic rings. The van der Waals surface area contributed by atoms with Crippen molar-refractivity contribution in [3.63, 3.8) is 0 Å². The Morgan fingerprint density at radius 2 is 1.58 bits per heavy atom. The second-order valence-electron chi connectivity index (χ2n) is 7.76. The van der Waals surface area contributed by atoms with E-state index in [2.05, 4.69) is 5.32 Å². The summed E-state index contributed by atoms with van der Waals surface area (Å²) in [6, 6.07) is 11.9. The summed E-state index contributed by atoms with van der Waals surface area (Å²) in [5.74, 6) is -0.815. The van der Waals surface area contributed by atoms with Crippen LogP contribution in [0, 0.1) is 5.92 Å². The van der Waals surface area contributed by atoms with Crippen molar-refractivity contribution in [1.29, 1.82) is 0 Å². The molecule has 0 aliphatic carbocycles. The largest absolute Gasteiger partial charge is 0.326 e. The molecule has 1 fully saturated rings. The molecule has 33 heavy (non-hydrogen) atoms. The Bertz CT molecular complexity index is 1180. The number of carbonyl (C=O) groups is 1. The fraction of sp³-hybridized carbons (Fsp3) is 0.409. The first-order valence-corrected chi connectivity index (χ1v) is 14.0. The molecule has 3 rings (SSSR count). The lowest BCUT2D eigenvalue weighted by atomic mass is 9.99. The van der Waals surface area contributed by atoms with E-state index in [1.807, 2.05) is 0 Å². The van der Waals surface area contributed by atoms with Gasteiger partial charge in [0, 0.05) is 36.9 Å². The second-order valence-corrected chi connectivity index (χ2v) is 12.1. The number of piperidine rings is 1. The van der Waals surface area contributed by atoms with Gasteiger partial charge in [-0.25, -0.2) is 16.8 Å². The summed E-state index contributed by atoms with van der Waals surface area (Å²) in [6.07, 6.45) is 1.12. The zero-order chi connectivity index (χ0) is 24.2. The van der Waals surface area contributed by atoms with Crippen LogP contribution in [0.2, 0.25) is 5.02 Å². The van der Waals surface area contributed by atoms with Crippen LogP contribution in [-0.4, -0.2) is 57.5 Å². The lowest BCUT2D eigenvalue weighted by molar-refractivity contribution is -0.120. The first-order valence-electron chi connectivity index (χ1n) is 10.8. The molecule has 8 nitrogen and oxygen atoms in total. The van der Waals surface area contributed by atoms with Crippen LogP contribution >= 0.6 is 11.6 Å². The van der Waals surface area contributed by atoms with Crippen molar-refractivity contribution < 1.29 is 21.6 Å². The van der Waals surface area contributed by atoms with Gasteiger partial charge in [0.25, 0.3) is 0 Å². The molecule has 1 saturated heterocycles. The Labute approximate surface area is 200 Å². The number of hydrogen-bond donors (Lipinski definition) is 1. The van der Waals surface area contributed by atoms with Gasteiger partial charge in [-0.05, 0) is 61.4 Å². The Hall–Kier alpha value is -1.98. The van der Waals surface area contributed by atoms with Crippen LogP contribution in [0.4, 0.5) is 5.69 Å². The molecular formula is C22H28ClN3O5S2. The first kappa shape index (κ1) is 25.6. The predicted octanol–water partition coefficient (Wildman–Crippen LogP) is 3.41. The smallest absolute Gasteiger partial charge is 0.243 e. The molecule has 0 bridgehead atoms. The van der Waals surface area contributed by atoms with Crippen molar-refractivity contribution in [2.75, 3.05) is 31.5 Å². The van der Waals surface area contributed by atoms with Crippen molar-refractivity contribution in [3.8, 4) is 0 Å². The van der Waals surface area contributed by atoms with Crippen LogP contribution in [0.25, 0.3) is 0 Å². The van der Waals surface area contributed by atoms with E-state index in [0.717, 1.165) is 0 Å². The van der Waals surface area contributed by atoms with Gasteiger partial charge in [-0.1, -0.05) is 25.4 Å². The van der Waals surface area contributed by atoms with Gasteiger partial charge >= 0.3 is 0 Å². The standard InChI is InChI=1S/C22H28ClN3O5S2/c1-3-25(4-2)32(28,29)21-13-9-19(10-14-21)24-22(27)17-6-5-15-26(16-17)33(30,31)20-11-7-18(23)8-12-20/h7-14,17H,3-6,15-16H2,1-2H3,(H,24,27).